The monoisotopic (exact) mass is 606 g/mol. The highest BCUT2D eigenvalue weighted by molar-refractivity contribution is 6.34. The Morgan fingerprint density at radius 2 is 0.812 bits per heavy atom. The van der Waals surface area contributed by atoms with Crippen LogP contribution in [-0.2, 0) is 0 Å². The topological polar surface area (TPSA) is 9.34 Å². The molecule has 2 nitrogen and oxygen atoms in total. The molecule has 0 amide bonds. The van der Waals surface area contributed by atoms with Gasteiger partial charge >= 0.3 is 0 Å². The Balaban J connectivity index is 1.28. The molecular formula is C46H26N2. The summed E-state index contributed by atoms with van der Waals surface area (Å²) in [5.41, 5.74) is 7.50. The van der Waals surface area contributed by atoms with Gasteiger partial charge in [-0.2, -0.15) is 0 Å². The zero-order valence-corrected chi connectivity index (χ0v) is 25.9. The van der Waals surface area contributed by atoms with E-state index < -0.39 is 0 Å². The molecule has 0 N–H and O–H groups in total. The average molecular weight is 607 g/mol. The van der Waals surface area contributed by atoms with Crippen LogP contribution in [0.4, 0.5) is 0 Å². The van der Waals surface area contributed by atoms with E-state index in [1.165, 1.54) is 109 Å². The van der Waals surface area contributed by atoms with E-state index in [1.54, 1.807) is 0 Å². The number of hydrogen-bond donors (Lipinski definition) is 0. The smallest absolute Gasteiger partial charge is 0.0627 e. The van der Waals surface area contributed by atoms with Gasteiger partial charge in [0.1, 0.15) is 0 Å². The first kappa shape index (κ1) is 24.8. The summed E-state index contributed by atoms with van der Waals surface area (Å²) in [6.45, 7) is 0. The second-order valence-electron chi connectivity index (χ2n) is 13.2. The van der Waals surface area contributed by atoms with Crippen LogP contribution < -0.4 is 0 Å². The fraction of sp³-hybridized carbons (Fsp3) is 0. The number of nitrogens with zero attached hydrogens (tertiary/aromatic N) is 2. The summed E-state index contributed by atoms with van der Waals surface area (Å²) in [5.74, 6) is 0. The molecule has 0 spiro atoms. The third-order valence-electron chi connectivity index (χ3n) is 11.0. The predicted molar refractivity (Wildman–Crippen MR) is 205 cm³/mol. The van der Waals surface area contributed by atoms with Crippen molar-refractivity contribution >= 4 is 103 Å². The van der Waals surface area contributed by atoms with E-state index in [4.69, 9.17) is 0 Å². The van der Waals surface area contributed by atoms with Crippen LogP contribution in [0.1, 0.15) is 0 Å². The molecule has 0 fully saturated rings. The Bertz CT molecular complexity index is 3300. The fourth-order valence-electron chi connectivity index (χ4n) is 9.09. The molecule has 0 unspecified atom stereocenters. The highest BCUT2D eigenvalue weighted by Crippen LogP contribution is 2.46. The van der Waals surface area contributed by atoms with E-state index in [9.17, 15) is 0 Å². The normalized spacial score (nSPS) is 12.6. The minimum atomic E-state index is 1.18. The molecule has 0 atom stereocenters. The fourth-order valence-corrected chi connectivity index (χ4v) is 9.09. The van der Waals surface area contributed by atoms with Crippen molar-refractivity contribution in [2.45, 2.75) is 0 Å². The number of fused-ring (bicyclic) bond motifs is 18. The Labute approximate surface area is 274 Å². The number of para-hydroxylation sites is 3. The first-order valence-corrected chi connectivity index (χ1v) is 16.7. The van der Waals surface area contributed by atoms with E-state index in [0.29, 0.717) is 0 Å². The third-order valence-corrected chi connectivity index (χ3v) is 11.0. The second-order valence-corrected chi connectivity index (χ2v) is 13.2. The van der Waals surface area contributed by atoms with Crippen molar-refractivity contribution in [2.75, 3.05) is 0 Å². The minimum Gasteiger partial charge on any atom is -0.309 e. The molecule has 0 radical (unpaired) electrons. The summed E-state index contributed by atoms with van der Waals surface area (Å²) in [7, 11) is 0. The van der Waals surface area contributed by atoms with Crippen LogP contribution in [0.2, 0.25) is 0 Å². The molecule has 2 heteroatoms. The van der Waals surface area contributed by atoms with Crippen molar-refractivity contribution in [2.24, 2.45) is 0 Å². The van der Waals surface area contributed by atoms with Gasteiger partial charge < -0.3 is 8.97 Å². The Morgan fingerprint density at radius 3 is 1.56 bits per heavy atom. The van der Waals surface area contributed by atoms with Gasteiger partial charge in [0.05, 0.1) is 27.6 Å². The number of hydrogen-bond acceptors (Lipinski definition) is 0. The van der Waals surface area contributed by atoms with Crippen LogP contribution >= 0.6 is 0 Å². The first-order chi connectivity index (χ1) is 23.8. The number of rotatable bonds is 1. The molecule has 0 aliphatic carbocycles. The molecule has 0 saturated heterocycles. The van der Waals surface area contributed by atoms with E-state index in [0.717, 1.165) is 0 Å². The van der Waals surface area contributed by atoms with Gasteiger partial charge in [0.15, 0.2) is 0 Å². The summed E-state index contributed by atoms with van der Waals surface area (Å²) in [6, 6.07) is 58.6. The molecule has 0 aliphatic heterocycles. The van der Waals surface area contributed by atoms with Crippen LogP contribution in [0.5, 0.6) is 0 Å². The lowest BCUT2D eigenvalue weighted by Gasteiger charge is -2.14. The van der Waals surface area contributed by atoms with E-state index in [-0.39, 0.29) is 0 Å². The Morgan fingerprint density at radius 1 is 0.292 bits per heavy atom. The van der Waals surface area contributed by atoms with Gasteiger partial charge in [0.2, 0.25) is 0 Å². The molecule has 48 heavy (non-hydrogen) atoms. The lowest BCUT2D eigenvalue weighted by Crippen LogP contribution is -1.94. The molecule has 220 valence electrons. The zero-order valence-electron chi connectivity index (χ0n) is 25.9. The van der Waals surface area contributed by atoms with Crippen LogP contribution in [0, 0.1) is 0 Å². The van der Waals surface area contributed by atoms with E-state index in [1.807, 2.05) is 0 Å². The lowest BCUT2D eigenvalue weighted by atomic mass is 9.94. The zero-order chi connectivity index (χ0) is 31.1. The standard InChI is InChI=1S/C46H26N2/c1-2-12-31-29(10-1)30-11-3-4-13-32(30)39-26-28(22-24-33(31)39)47-41-19-8-6-15-38(41)44-42(47)25-21-27-20-23-37-36-17-9-16-35-34-14-5-7-18-40(34)48(45(35)36)46(37)43(27)44/h1-26H. The maximum Gasteiger partial charge on any atom is 0.0627 e. The van der Waals surface area contributed by atoms with Crippen molar-refractivity contribution in [3.63, 3.8) is 0 Å². The SMILES string of the molecule is c1ccc2c(c1)c1ccccc1c1cc(-n3c4ccccc4c4c5c(ccc6c7cccc8c9ccccc9n(c87)c65)ccc43)ccc21. The summed E-state index contributed by atoms with van der Waals surface area (Å²) < 4.78 is 5.02. The molecular weight excluding hydrogens is 581 g/mol. The Kier molecular flexibility index (Phi) is 4.49. The molecule has 9 aromatic carbocycles. The maximum absolute atomic E-state index is 2.54. The van der Waals surface area contributed by atoms with Gasteiger partial charge in [0, 0.05) is 43.4 Å². The summed E-state index contributed by atoms with van der Waals surface area (Å²) in [5, 5.41) is 18.2. The molecule has 0 bridgehead atoms. The largest absolute Gasteiger partial charge is 0.309 e. The summed E-state index contributed by atoms with van der Waals surface area (Å²) >= 11 is 0. The summed E-state index contributed by atoms with van der Waals surface area (Å²) in [4.78, 5) is 0. The molecule has 3 aromatic heterocycles. The third kappa shape index (κ3) is 2.91. The molecule has 12 aromatic rings. The van der Waals surface area contributed by atoms with Crippen molar-refractivity contribution in [3.8, 4) is 5.69 Å². The van der Waals surface area contributed by atoms with Gasteiger partial charge in [-0.1, -0.05) is 127 Å². The van der Waals surface area contributed by atoms with Crippen LogP contribution in [0.25, 0.3) is 109 Å². The number of benzene rings is 9. The highest BCUT2D eigenvalue weighted by Gasteiger charge is 2.22. The first-order valence-electron chi connectivity index (χ1n) is 16.7. The molecule has 12 rings (SSSR count). The van der Waals surface area contributed by atoms with Gasteiger partial charge in [-0.3, -0.25) is 0 Å². The van der Waals surface area contributed by atoms with Crippen LogP contribution in [0.15, 0.2) is 158 Å². The molecule has 0 aliphatic rings. The molecule has 3 heterocycles. The van der Waals surface area contributed by atoms with Crippen molar-refractivity contribution in [1.82, 2.24) is 8.97 Å². The maximum atomic E-state index is 2.54. The highest BCUT2D eigenvalue weighted by atomic mass is 15.0. The van der Waals surface area contributed by atoms with Crippen molar-refractivity contribution in [1.29, 1.82) is 0 Å². The van der Waals surface area contributed by atoms with Crippen molar-refractivity contribution in [3.05, 3.63) is 158 Å². The van der Waals surface area contributed by atoms with Gasteiger partial charge in [-0.05, 0) is 68.0 Å². The van der Waals surface area contributed by atoms with Gasteiger partial charge in [-0.15, -0.1) is 0 Å². The minimum absolute atomic E-state index is 1.18. The van der Waals surface area contributed by atoms with Crippen LogP contribution in [0.3, 0.4) is 0 Å². The van der Waals surface area contributed by atoms with E-state index in [2.05, 4.69) is 167 Å². The van der Waals surface area contributed by atoms with Crippen LogP contribution in [-0.4, -0.2) is 8.97 Å². The molecule has 0 saturated carbocycles. The quantitative estimate of drug-likeness (QED) is 0.164. The number of aromatic nitrogens is 2. The predicted octanol–water partition coefficient (Wildman–Crippen LogP) is 12.5. The average Bonchev–Trinajstić information content (AvgIpc) is 3.80. The summed E-state index contributed by atoms with van der Waals surface area (Å²) in [6.07, 6.45) is 0. The van der Waals surface area contributed by atoms with Gasteiger partial charge in [-0.25, -0.2) is 0 Å². The van der Waals surface area contributed by atoms with Crippen molar-refractivity contribution < 1.29 is 0 Å². The Hall–Kier alpha value is -6.38. The lowest BCUT2D eigenvalue weighted by molar-refractivity contribution is 1.19. The van der Waals surface area contributed by atoms with Gasteiger partial charge in [0.25, 0.3) is 0 Å². The second kappa shape index (κ2) is 8.70. The van der Waals surface area contributed by atoms with E-state index >= 15 is 0 Å².